The summed E-state index contributed by atoms with van der Waals surface area (Å²) >= 11 is 3.35. The molecule has 0 aliphatic heterocycles. The van der Waals surface area contributed by atoms with E-state index in [1.807, 2.05) is 24.3 Å². The molecule has 29 heavy (non-hydrogen) atoms. The summed E-state index contributed by atoms with van der Waals surface area (Å²) in [7, 11) is 0. The highest BCUT2D eigenvalue weighted by Crippen LogP contribution is 2.20. The number of alkyl halides is 3. The number of hydrogen-bond donors (Lipinski definition) is 2. The van der Waals surface area contributed by atoms with Gasteiger partial charge in [0.25, 0.3) is 5.91 Å². The van der Waals surface area contributed by atoms with Gasteiger partial charge in [-0.1, -0.05) is 28.1 Å². The van der Waals surface area contributed by atoms with E-state index in [0.717, 1.165) is 4.47 Å². The van der Waals surface area contributed by atoms with Crippen LogP contribution < -0.4 is 15.4 Å². The molecule has 0 unspecified atom stereocenters. The second kappa shape index (κ2) is 10.3. The van der Waals surface area contributed by atoms with Crippen LogP contribution in [0.5, 0.6) is 5.75 Å². The number of carbonyl (C=O) groups excluding carboxylic acids is 2. The summed E-state index contributed by atoms with van der Waals surface area (Å²) in [5.41, 5.74) is 1.10. The first-order valence-corrected chi connectivity index (χ1v) is 9.57. The molecular formula is C20H20BrF3N2O3. The van der Waals surface area contributed by atoms with Gasteiger partial charge in [-0.2, -0.15) is 13.2 Å². The van der Waals surface area contributed by atoms with Gasteiger partial charge in [0.05, 0.1) is 6.61 Å². The molecule has 2 amide bonds. The number of amides is 2. The number of halogens is 4. The van der Waals surface area contributed by atoms with E-state index in [0.29, 0.717) is 30.0 Å². The maximum absolute atomic E-state index is 12.2. The average molecular weight is 473 g/mol. The van der Waals surface area contributed by atoms with E-state index in [1.165, 1.54) is 12.1 Å². The monoisotopic (exact) mass is 472 g/mol. The Morgan fingerprint density at radius 3 is 2.59 bits per heavy atom. The number of carbonyl (C=O) groups is 2. The molecule has 0 aromatic heterocycles. The molecule has 0 aliphatic carbocycles. The molecule has 0 fully saturated rings. The average Bonchev–Trinajstić information content (AvgIpc) is 2.64. The summed E-state index contributed by atoms with van der Waals surface area (Å²) < 4.78 is 43.2. The first-order valence-electron chi connectivity index (χ1n) is 8.78. The fraction of sp³-hybridized carbons (Fsp3) is 0.300. The van der Waals surface area contributed by atoms with Crippen molar-refractivity contribution in [2.45, 2.75) is 25.9 Å². The highest BCUT2D eigenvalue weighted by atomic mass is 79.9. The molecule has 2 aromatic carbocycles. The van der Waals surface area contributed by atoms with Crippen LogP contribution in [0.4, 0.5) is 18.9 Å². The van der Waals surface area contributed by atoms with Crippen molar-refractivity contribution < 1.29 is 27.5 Å². The number of benzene rings is 2. The van der Waals surface area contributed by atoms with Crippen LogP contribution in [0.3, 0.4) is 0 Å². The number of hydrogen-bond acceptors (Lipinski definition) is 3. The van der Waals surface area contributed by atoms with Gasteiger partial charge in [-0.3, -0.25) is 9.59 Å². The van der Waals surface area contributed by atoms with Gasteiger partial charge in [-0.15, -0.1) is 0 Å². The van der Waals surface area contributed by atoms with Crippen LogP contribution in [0.1, 0.15) is 28.8 Å². The number of anilines is 1. The SMILES string of the molecule is Cc1ccc(C(=O)NCC(F)(F)F)cc1NC(=O)CCCOc1cccc(Br)c1. The molecule has 0 heterocycles. The first-order chi connectivity index (χ1) is 13.6. The van der Waals surface area contributed by atoms with Crippen molar-refractivity contribution in [1.29, 1.82) is 0 Å². The van der Waals surface area contributed by atoms with E-state index in [4.69, 9.17) is 4.74 Å². The fourth-order valence-corrected chi connectivity index (χ4v) is 2.75. The van der Waals surface area contributed by atoms with E-state index >= 15 is 0 Å². The first kappa shape index (κ1) is 22.7. The molecule has 0 bridgehead atoms. The number of nitrogens with one attached hydrogen (secondary N) is 2. The Kier molecular flexibility index (Phi) is 8.07. The molecule has 9 heteroatoms. The normalized spacial score (nSPS) is 11.1. The molecule has 156 valence electrons. The molecular weight excluding hydrogens is 453 g/mol. The third-order valence-corrected chi connectivity index (χ3v) is 4.33. The predicted molar refractivity (Wildman–Crippen MR) is 107 cm³/mol. The Morgan fingerprint density at radius 2 is 1.90 bits per heavy atom. The van der Waals surface area contributed by atoms with Crippen LogP contribution in [-0.2, 0) is 4.79 Å². The summed E-state index contributed by atoms with van der Waals surface area (Å²) in [6, 6.07) is 11.7. The zero-order chi connectivity index (χ0) is 21.4. The zero-order valence-electron chi connectivity index (χ0n) is 15.6. The van der Waals surface area contributed by atoms with E-state index < -0.39 is 18.6 Å². The molecule has 2 rings (SSSR count). The second-order valence-electron chi connectivity index (χ2n) is 6.29. The van der Waals surface area contributed by atoms with E-state index in [2.05, 4.69) is 21.2 Å². The maximum atomic E-state index is 12.2. The summed E-state index contributed by atoms with van der Waals surface area (Å²) in [4.78, 5) is 24.0. The van der Waals surface area contributed by atoms with Crippen molar-refractivity contribution in [3.63, 3.8) is 0 Å². The van der Waals surface area contributed by atoms with Gasteiger partial charge in [0.15, 0.2) is 0 Å². The molecule has 0 saturated carbocycles. The Morgan fingerprint density at radius 1 is 1.14 bits per heavy atom. The molecule has 5 nitrogen and oxygen atoms in total. The van der Waals surface area contributed by atoms with Gasteiger partial charge in [-0.05, 0) is 49.2 Å². The minimum atomic E-state index is -4.49. The van der Waals surface area contributed by atoms with Crippen molar-refractivity contribution >= 4 is 33.4 Å². The van der Waals surface area contributed by atoms with Crippen molar-refractivity contribution in [1.82, 2.24) is 5.32 Å². The van der Waals surface area contributed by atoms with Crippen LogP contribution in [-0.4, -0.2) is 31.1 Å². The Balaban J connectivity index is 1.85. The van der Waals surface area contributed by atoms with Crippen LogP contribution in [0.2, 0.25) is 0 Å². The predicted octanol–water partition coefficient (Wildman–Crippen LogP) is 4.85. The molecule has 0 spiro atoms. The second-order valence-corrected chi connectivity index (χ2v) is 7.20. The van der Waals surface area contributed by atoms with Crippen molar-refractivity contribution in [2.75, 3.05) is 18.5 Å². The Hall–Kier alpha value is -2.55. The zero-order valence-corrected chi connectivity index (χ0v) is 17.2. The topological polar surface area (TPSA) is 67.4 Å². The number of rotatable bonds is 8. The van der Waals surface area contributed by atoms with Crippen LogP contribution >= 0.6 is 15.9 Å². The summed E-state index contributed by atoms with van der Waals surface area (Å²) in [5.74, 6) is -0.452. The Labute approximate surface area is 174 Å². The van der Waals surface area contributed by atoms with Gasteiger partial charge >= 0.3 is 6.18 Å². The standard InChI is InChI=1S/C20H20BrF3N2O3/c1-13-7-8-14(19(28)25-12-20(22,23)24)10-17(13)26-18(27)6-3-9-29-16-5-2-4-15(21)11-16/h2,4-5,7-8,10-11H,3,6,9,12H2,1H3,(H,25,28)(H,26,27). The summed E-state index contributed by atoms with van der Waals surface area (Å²) in [5, 5.41) is 4.49. The third-order valence-electron chi connectivity index (χ3n) is 3.84. The third kappa shape index (κ3) is 8.15. The van der Waals surface area contributed by atoms with Crippen LogP contribution in [0.15, 0.2) is 46.9 Å². The van der Waals surface area contributed by atoms with Gasteiger partial charge < -0.3 is 15.4 Å². The van der Waals surface area contributed by atoms with Crippen molar-refractivity contribution in [3.8, 4) is 5.75 Å². The molecule has 0 atom stereocenters. The number of aryl methyl sites for hydroxylation is 1. The highest BCUT2D eigenvalue weighted by Gasteiger charge is 2.28. The van der Waals surface area contributed by atoms with E-state index in [1.54, 1.807) is 18.3 Å². The maximum Gasteiger partial charge on any atom is 0.405 e. The van der Waals surface area contributed by atoms with E-state index in [-0.39, 0.29) is 17.9 Å². The Bertz CT molecular complexity index is 872. The van der Waals surface area contributed by atoms with Gasteiger partial charge in [0.2, 0.25) is 5.91 Å². The molecule has 0 aliphatic rings. The van der Waals surface area contributed by atoms with Crippen molar-refractivity contribution in [3.05, 3.63) is 58.1 Å². The van der Waals surface area contributed by atoms with Crippen LogP contribution in [0, 0.1) is 6.92 Å². The quantitative estimate of drug-likeness (QED) is 0.539. The van der Waals surface area contributed by atoms with E-state index in [9.17, 15) is 22.8 Å². The minimum absolute atomic E-state index is 0.0353. The van der Waals surface area contributed by atoms with Gasteiger partial charge in [0.1, 0.15) is 12.3 Å². The molecule has 2 aromatic rings. The minimum Gasteiger partial charge on any atom is -0.494 e. The van der Waals surface area contributed by atoms with Crippen LogP contribution in [0.25, 0.3) is 0 Å². The lowest BCUT2D eigenvalue weighted by molar-refractivity contribution is -0.123. The molecule has 0 saturated heterocycles. The molecule has 0 radical (unpaired) electrons. The summed E-state index contributed by atoms with van der Waals surface area (Å²) in [6.45, 7) is 0.658. The van der Waals surface area contributed by atoms with Gasteiger partial charge in [0, 0.05) is 22.1 Å². The molecule has 2 N–H and O–H groups in total. The van der Waals surface area contributed by atoms with Crippen molar-refractivity contribution in [2.24, 2.45) is 0 Å². The number of ether oxygens (including phenoxy) is 1. The smallest absolute Gasteiger partial charge is 0.405 e. The largest absolute Gasteiger partial charge is 0.494 e. The fourth-order valence-electron chi connectivity index (χ4n) is 2.37. The lowest BCUT2D eigenvalue weighted by atomic mass is 10.1. The summed E-state index contributed by atoms with van der Waals surface area (Å²) in [6.07, 6.45) is -3.82. The lowest BCUT2D eigenvalue weighted by Gasteiger charge is -2.12. The lowest BCUT2D eigenvalue weighted by Crippen LogP contribution is -2.33. The highest BCUT2D eigenvalue weighted by molar-refractivity contribution is 9.10. The van der Waals surface area contributed by atoms with Gasteiger partial charge in [-0.25, -0.2) is 0 Å².